The number of halogens is 1. The minimum atomic E-state index is -1.40. The lowest BCUT2D eigenvalue weighted by atomic mass is 9.77. The molecule has 2 aromatic heterocycles. The quantitative estimate of drug-likeness (QED) is 0.251. The molecule has 2 heterocycles. The van der Waals surface area contributed by atoms with Crippen molar-refractivity contribution in [2.24, 2.45) is 0 Å². The molecular formula is C32H30BClN4O2. The van der Waals surface area contributed by atoms with Crippen molar-refractivity contribution in [3.05, 3.63) is 125 Å². The number of benzene rings is 4. The fraction of sp³-hybridized carbons (Fsp3) is 0.125. The minimum Gasteiger partial charge on any atom is -0.423 e. The summed E-state index contributed by atoms with van der Waals surface area (Å²) in [7, 11) is -1.40. The van der Waals surface area contributed by atoms with Crippen LogP contribution in [0.3, 0.4) is 0 Å². The van der Waals surface area contributed by atoms with Crippen molar-refractivity contribution in [2.45, 2.75) is 27.7 Å². The van der Waals surface area contributed by atoms with E-state index in [1.54, 1.807) is 12.3 Å². The van der Waals surface area contributed by atoms with Gasteiger partial charge in [0.2, 0.25) is 0 Å². The highest BCUT2D eigenvalue weighted by molar-refractivity contribution is 6.61. The normalized spacial score (nSPS) is 10.4. The molecule has 6 aromatic rings. The molecule has 0 atom stereocenters. The van der Waals surface area contributed by atoms with Gasteiger partial charge < -0.3 is 10.0 Å². The van der Waals surface area contributed by atoms with Crippen LogP contribution in [0.4, 0.5) is 0 Å². The van der Waals surface area contributed by atoms with Crippen molar-refractivity contribution in [2.75, 3.05) is 0 Å². The zero-order valence-corrected chi connectivity index (χ0v) is 23.6. The second-order valence-corrected chi connectivity index (χ2v) is 9.66. The van der Waals surface area contributed by atoms with Gasteiger partial charge in [0.1, 0.15) is 5.15 Å². The zero-order chi connectivity index (χ0) is 28.6. The van der Waals surface area contributed by atoms with E-state index in [0.29, 0.717) is 10.6 Å². The van der Waals surface area contributed by atoms with E-state index in [1.807, 2.05) is 70.3 Å². The smallest absolute Gasteiger partial charge is 0.423 e. The van der Waals surface area contributed by atoms with Crippen LogP contribution in [0.1, 0.15) is 22.8 Å². The van der Waals surface area contributed by atoms with Gasteiger partial charge in [0, 0.05) is 18.0 Å². The highest BCUT2D eigenvalue weighted by Gasteiger charge is 2.13. The lowest BCUT2D eigenvalue weighted by molar-refractivity contribution is 0.426. The first kappa shape index (κ1) is 28.8. The average molecular weight is 549 g/mol. The molecule has 8 heteroatoms. The highest BCUT2D eigenvalue weighted by Crippen LogP contribution is 2.28. The van der Waals surface area contributed by atoms with Crippen LogP contribution >= 0.6 is 11.6 Å². The minimum absolute atomic E-state index is 0.487. The monoisotopic (exact) mass is 548 g/mol. The SMILES string of the molecule is Cc1cnc(-c2cccc3ccccc23)c(C)n1.Cc1cnc(Cl)c(C)n1.OB(O)c1cccc2ccccc12. The fourth-order valence-electron chi connectivity index (χ4n) is 4.35. The van der Waals surface area contributed by atoms with Crippen LogP contribution in [0.15, 0.2) is 97.3 Å². The molecule has 0 aliphatic rings. The summed E-state index contributed by atoms with van der Waals surface area (Å²) in [6, 6.07) is 27.8. The Kier molecular flexibility index (Phi) is 9.56. The molecule has 2 N–H and O–H groups in total. The van der Waals surface area contributed by atoms with E-state index in [4.69, 9.17) is 21.6 Å². The van der Waals surface area contributed by atoms with Crippen molar-refractivity contribution in [1.29, 1.82) is 0 Å². The van der Waals surface area contributed by atoms with E-state index in [-0.39, 0.29) is 0 Å². The maximum Gasteiger partial charge on any atom is 0.489 e. The molecular weight excluding hydrogens is 519 g/mol. The molecule has 6 nitrogen and oxygen atoms in total. The van der Waals surface area contributed by atoms with Gasteiger partial charge in [-0.05, 0) is 54.7 Å². The molecule has 0 aliphatic carbocycles. The van der Waals surface area contributed by atoms with Gasteiger partial charge in [-0.1, -0.05) is 96.5 Å². The van der Waals surface area contributed by atoms with E-state index in [0.717, 1.165) is 44.8 Å². The van der Waals surface area contributed by atoms with Gasteiger partial charge in [-0.15, -0.1) is 0 Å². The van der Waals surface area contributed by atoms with E-state index in [2.05, 4.69) is 62.4 Å². The first-order valence-electron chi connectivity index (χ1n) is 12.8. The predicted molar refractivity (Wildman–Crippen MR) is 165 cm³/mol. The van der Waals surface area contributed by atoms with Crippen molar-refractivity contribution in [3.63, 3.8) is 0 Å². The Morgan fingerprint density at radius 3 is 1.73 bits per heavy atom. The second-order valence-electron chi connectivity index (χ2n) is 9.30. The summed E-state index contributed by atoms with van der Waals surface area (Å²) in [5, 5.41) is 23.0. The molecule has 0 radical (unpaired) electrons. The van der Waals surface area contributed by atoms with E-state index < -0.39 is 7.12 Å². The highest BCUT2D eigenvalue weighted by atomic mass is 35.5. The van der Waals surface area contributed by atoms with Crippen molar-refractivity contribution >= 4 is 45.7 Å². The average Bonchev–Trinajstić information content (AvgIpc) is 2.95. The molecule has 0 bridgehead atoms. The molecule has 40 heavy (non-hydrogen) atoms. The van der Waals surface area contributed by atoms with Crippen LogP contribution < -0.4 is 5.46 Å². The van der Waals surface area contributed by atoms with Crippen LogP contribution in [-0.2, 0) is 0 Å². The third-order valence-corrected chi connectivity index (χ3v) is 6.59. The molecule has 4 aromatic carbocycles. The predicted octanol–water partition coefficient (Wildman–Crippen LogP) is 6.18. The molecule has 0 saturated carbocycles. The van der Waals surface area contributed by atoms with Gasteiger partial charge >= 0.3 is 7.12 Å². The number of fused-ring (bicyclic) bond motifs is 2. The van der Waals surface area contributed by atoms with Crippen molar-refractivity contribution in [3.8, 4) is 11.3 Å². The first-order chi connectivity index (χ1) is 19.2. The molecule has 0 aliphatic heterocycles. The number of aromatic nitrogens is 4. The topological polar surface area (TPSA) is 92.0 Å². The van der Waals surface area contributed by atoms with Crippen LogP contribution in [0.5, 0.6) is 0 Å². The van der Waals surface area contributed by atoms with Crippen LogP contribution in [-0.4, -0.2) is 37.1 Å². The summed E-state index contributed by atoms with van der Waals surface area (Å²) >= 11 is 5.61. The lowest BCUT2D eigenvalue weighted by Gasteiger charge is -2.08. The van der Waals surface area contributed by atoms with Gasteiger partial charge in [-0.25, -0.2) is 4.98 Å². The molecule has 0 unspecified atom stereocenters. The Morgan fingerprint density at radius 1 is 0.600 bits per heavy atom. The Bertz CT molecular complexity index is 1750. The van der Waals surface area contributed by atoms with Crippen LogP contribution in [0.25, 0.3) is 32.8 Å². The van der Waals surface area contributed by atoms with Crippen molar-refractivity contribution in [1.82, 2.24) is 19.9 Å². The van der Waals surface area contributed by atoms with E-state index >= 15 is 0 Å². The van der Waals surface area contributed by atoms with E-state index in [1.165, 1.54) is 10.8 Å². The Hall–Kier alpha value is -4.17. The summed E-state index contributed by atoms with van der Waals surface area (Å²) in [4.78, 5) is 17.0. The van der Waals surface area contributed by atoms with Crippen molar-refractivity contribution < 1.29 is 10.0 Å². The molecule has 0 fully saturated rings. The lowest BCUT2D eigenvalue weighted by Crippen LogP contribution is -2.30. The summed E-state index contributed by atoms with van der Waals surface area (Å²) < 4.78 is 0. The largest absolute Gasteiger partial charge is 0.489 e. The molecule has 0 amide bonds. The zero-order valence-electron chi connectivity index (χ0n) is 22.9. The third kappa shape index (κ3) is 7.07. The van der Waals surface area contributed by atoms with Crippen LogP contribution in [0.2, 0.25) is 5.15 Å². The Labute approximate surface area is 239 Å². The first-order valence-corrected chi connectivity index (χ1v) is 13.2. The standard InChI is InChI=1S/C16H14N2.C10H9BO2.C6H7ClN2/c1-11-10-17-16(12(2)18-11)15-9-5-7-13-6-3-4-8-14(13)15;12-11(13)10-7-3-5-8-4-1-2-6-9(8)10;1-4-3-8-6(7)5(2)9-4/h3-10H,1-2H3;1-7,12-13H;3H,1-2H3. The number of hydrogen-bond acceptors (Lipinski definition) is 6. The molecule has 0 spiro atoms. The molecule has 0 saturated heterocycles. The number of nitrogens with zero attached hydrogens (tertiary/aromatic N) is 4. The van der Waals surface area contributed by atoms with Gasteiger partial charge in [0.15, 0.2) is 0 Å². The summed E-state index contributed by atoms with van der Waals surface area (Å²) in [5.41, 5.74) is 6.30. The number of rotatable bonds is 2. The summed E-state index contributed by atoms with van der Waals surface area (Å²) in [6.07, 6.45) is 3.47. The Balaban J connectivity index is 0.000000148. The van der Waals surface area contributed by atoms with Gasteiger partial charge in [-0.2, -0.15) is 0 Å². The van der Waals surface area contributed by atoms with Gasteiger partial charge in [0.25, 0.3) is 0 Å². The van der Waals surface area contributed by atoms with Crippen LogP contribution in [0, 0.1) is 27.7 Å². The van der Waals surface area contributed by atoms with Gasteiger partial charge in [-0.3, -0.25) is 15.0 Å². The maximum atomic E-state index is 9.08. The van der Waals surface area contributed by atoms with Gasteiger partial charge in [0.05, 0.1) is 28.5 Å². The number of aryl methyl sites for hydroxylation is 4. The second kappa shape index (κ2) is 13.3. The third-order valence-electron chi connectivity index (χ3n) is 6.22. The molecule has 6 rings (SSSR count). The van der Waals surface area contributed by atoms with E-state index in [9.17, 15) is 0 Å². The Morgan fingerprint density at radius 2 is 1.12 bits per heavy atom. The fourth-order valence-corrected chi connectivity index (χ4v) is 4.44. The summed E-state index contributed by atoms with van der Waals surface area (Å²) in [6.45, 7) is 7.70. The molecule has 200 valence electrons. The summed E-state index contributed by atoms with van der Waals surface area (Å²) in [5.74, 6) is 0. The maximum absolute atomic E-state index is 9.08. The number of hydrogen-bond donors (Lipinski definition) is 2.